The molecule has 1 aromatic rings. The summed E-state index contributed by atoms with van der Waals surface area (Å²) in [5.41, 5.74) is 1.50. The van der Waals surface area contributed by atoms with E-state index in [1.165, 1.54) is 30.1 Å². The third-order valence-electron chi connectivity index (χ3n) is 3.32. The molecule has 0 aliphatic carbocycles. The van der Waals surface area contributed by atoms with E-state index in [0.29, 0.717) is 0 Å². The standard InChI is InChI=1S/C13H23N3S/c1-2-12-3-10-17-13(12)11-15-6-9-16-7-4-14-5-8-16/h3,10,14-15H,2,4-9,11H2,1H3. The van der Waals surface area contributed by atoms with Crippen molar-refractivity contribution in [2.45, 2.75) is 19.9 Å². The first kappa shape index (κ1) is 13.0. The maximum atomic E-state index is 3.56. The van der Waals surface area contributed by atoms with Gasteiger partial charge in [0, 0.05) is 50.7 Å². The van der Waals surface area contributed by atoms with Crippen LogP contribution in [0.5, 0.6) is 0 Å². The third-order valence-corrected chi connectivity index (χ3v) is 4.28. The highest BCUT2D eigenvalue weighted by atomic mass is 32.1. The van der Waals surface area contributed by atoms with Crippen molar-refractivity contribution in [3.05, 3.63) is 21.9 Å². The Kier molecular flexibility index (Phi) is 5.45. The maximum Gasteiger partial charge on any atom is 0.0303 e. The Morgan fingerprint density at radius 1 is 1.41 bits per heavy atom. The lowest BCUT2D eigenvalue weighted by molar-refractivity contribution is 0.241. The van der Waals surface area contributed by atoms with Crippen molar-refractivity contribution < 1.29 is 0 Å². The van der Waals surface area contributed by atoms with Crippen molar-refractivity contribution in [1.82, 2.24) is 15.5 Å². The molecule has 96 valence electrons. The molecule has 1 aliphatic heterocycles. The summed E-state index contributed by atoms with van der Waals surface area (Å²) in [5, 5.41) is 9.14. The van der Waals surface area contributed by atoms with E-state index in [9.17, 15) is 0 Å². The molecule has 2 N–H and O–H groups in total. The van der Waals surface area contributed by atoms with Crippen LogP contribution in [-0.4, -0.2) is 44.2 Å². The summed E-state index contributed by atoms with van der Waals surface area (Å²) < 4.78 is 0. The molecule has 0 unspecified atom stereocenters. The van der Waals surface area contributed by atoms with Gasteiger partial charge in [0.1, 0.15) is 0 Å². The molecule has 0 amide bonds. The monoisotopic (exact) mass is 253 g/mol. The fraction of sp³-hybridized carbons (Fsp3) is 0.692. The van der Waals surface area contributed by atoms with Crippen molar-refractivity contribution >= 4 is 11.3 Å². The zero-order valence-electron chi connectivity index (χ0n) is 10.7. The molecule has 0 saturated carbocycles. The van der Waals surface area contributed by atoms with Crippen LogP contribution in [0.2, 0.25) is 0 Å². The van der Waals surface area contributed by atoms with Crippen LogP contribution in [0.1, 0.15) is 17.4 Å². The SMILES string of the molecule is CCc1ccsc1CNCCN1CCNCC1. The molecule has 2 rings (SSSR count). The Morgan fingerprint density at radius 3 is 3.00 bits per heavy atom. The zero-order valence-corrected chi connectivity index (χ0v) is 11.5. The van der Waals surface area contributed by atoms with Gasteiger partial charge in [0.25, 0.3) is 0 Å². The molecule has 4 heteroatoms. The van der Waals surface area contributed by atoms with E-state index < -0.39 is 0 Å². The summed E-state index contributed by atoms with van der Waals surface area (Å²) in [6.07, 6.45) is 1.15. The lowest BCUT2D eigenvalue weighted by Crippen LogP contribution is -2.45. The summed E-state index contributed by atoms with van der Waals surface area (Å²) in [5.74, 6) is 0. The maximum absolute atomic E-state index is 3.56. The van der Waals surface area contributed by atoms with Crippen molar-refractivity contribution in [3.63, 3.8) is 0 Å². The number of hydrogen-bond acceptors (Lipinski definition) is 4. The van der Waals surface area contributed by atoms with Gasteiger partial charge in [-0.25, -0.2) is 0 Å². The molecule has 0 bridgehead atoms. The quantitative estimate of drug-likeness (QED) is 0.749. The molecular formula is C13H23N3S. The van der Waals surface area contributed by atoms with Gasteiger partial charge in [0.2, 0.25) is 0 Å². The number of nitrogens with one attached hydrogen (secondary N) is 2. The molecular weight excluding hydrogens is 230 g/mol. The molecule has 17 heavy (non-hydrogen) atoms. The molecule has 2 heterocycles. The molecule has 0 spiro atoms. The predicted octanol–water partition coefficient (Wildman–Crippen LogP) is 1.31. The number of nitrogens with zero attached hydrogens (tertiary/aromatic N) is 1. The minimum Gasteiger partial charge on any atom is -0.314 e. The first-order valence-electron chi connectivity index (χ1n) is 6.59. The van der Waals surface area contributed by atoms with Gasteiger partial charge in [0.05, 0.1) is 0 Å². The summed E-state index contributed by atoms with van der Waals surface area (Å²) >= 11 is 1.87. The molecule has 1 aromatic heterocycles. The van der Waals surface area contributed by atoms with Gasteiger partial charge < -0.3 is 10.6 Å². The highest BCUT2D eigenvalue weighted by Gasteiger charge is 2.08. The second kappa shape index (κ2) is 7.11. The minimum absolute atomic E-state index is 1.03. The van der Waals surface area contributed by atoms with Gasteiger partial charge in [-0.05, 0) is 23.4 Å². The smallest absolute Gasteiger partial charge is 0.0303 e. The van der Waals surface area contributed by atoms with E-state index in [1.54, 1.807) is 0 Å². The molecule has 1 saturated heterocycles. The first-order chi connectivity index (χ1) is 8.40. The highest BCUT2D eigenvalue weighted by molar-refractivity contribution is 7.10. The molecule has 0 aromatic carbocycles. The molecule has 3 nitrogen and oxygen atoms in total. The van der Waals surface area contributed by atoms with Gasteiger partial charge in [-0.2, -0.15) is 0 Å². The zero-order chi connectivity index (χ0) is 11.9. The van der Waals surface area contributed by atoms with E-state index in [2.05, 4.69) is 33.9 Å². The summed E-state index contributed by atoms with van der Waals surface area (Å²) in [7, 11) is 0. The lowest BCUT2D eigenvalue weighted by atomic mass is 10.2. The Balaban J connectivity index is 1.62. The van der Waals surface area contributed by atoms with Crippen LogP contribution in [0.4, 0.5) is 0 Å². The topological polar surface area (TPSA) is 27.3 Å². The average Bonchev–Trinajstić information content (AvgIpc) is 2.83. The molecule has 1 fully saturated rings. The average molecular weight is 253 g/mol. The second-order valence-electron chi connectivity index (χ2n) is 4.49. The first-order valence-corrected chi connectivity index (χ1v) is 7.47. The van der Waals surface area contributed by atoms with Gasteiger partial charge in [-0.3, -0.25) is 4.90 Å². The van der Waals surface area contributed by atoms with Crippen LogP contribution in [0, 0.1) is 0 Å². The second-order valence-corrected chi connectivity index (χ2v) is 5.49. The third kappa shape index (κ3) is 4.07. The van der Waals surface area contributed by atoms with E-state index in [4.69, 9.17) is 0 Å². The Bertz CT molecular complexity index is 318. The Morgan fingerprint density at radius 2 is 2.24 bits per heavy atom. The van der Waals surface area contributed by atoms with Crippen LogP contribution in [0.3, 0.4) is 0 Å². The van der Waals surface area contributed by atoms with E-state index in [-0.39, 0.29) is 0 Å². The van der Waals surface area contributed by atoms with Crippen LogP contribution < -0.4 is 10.6 Å². The Labute approximate surface area is 108 Å². The minimum atomic E-state index is 1.03. The van der Waals surface area contributed by atoms with E-state index in [1.807, 2.05) is 11.3 Å². The molecule has 1 aliphatic rings. The normalized spacial score (nSPS) is 17.5. The Hall–Kier alpha value is -0.420. The van der Waals surface area contributed by atoms with Crippen LogP contribution in [-0.2, 0) is 13.0 Å². The van der Waals surface area contributed by atoms with Crippen molar-refractivity contribution in [2.75, 3.05) is 39.3 Å². The fourth-order valence-corrected chi connectivity index (χ4v) is 3.16. The fourth-order valence-electron chi connectivity index (χ4n) is 2.21. The van der Waals surface area contributed by atoms with Crippen molar-refractivity contribution in [2.24, 2.45) is 0 Å². The van der Waals surface area contributed by atoms with Gasteiger partial charge in [-0.15, -0.1) is 11.3 Å². The number of rotatable bonds is 6. The van der Waals surface area contributed by atoms with Gasteiger partial charge >= 0.3 is 0 Å². The molecule has 0 radical (unpaired) electrons. The predicted molar refractivity (Wildman–Crippen MR) is 74.7 cm³/mol. The highest BCUT2D eigenvalue weighted by Crippen LogP contribution is 2.16. The number of hydrogen-bond donors (Lipinski definition) is 2. The summed E-state index contributed by atoms with van der Waals surface area (Å²) in [6, 6.07) is 2.25. The number of thiophene rings is 1. The van der Waals surface area contributed by atoms with Gasteiger partial charge in [-0.1, -0.05) is 6.92 Å². The number of piperazine rings is 1. The van der Waals surface area contributed by atoms with Crippen molar-refractivity contribution in [3.8, 4) is 0 Å². The summed E-state index contributed by atoms with van der Waals surface area (Å²) in [4.78, 5) is 4.03. The summed E-state index contributed by atoms with van der Waals surface area (Å²) in [6.45, 7) is 10.2. The van der Waals surface area contributed by atoms with Crippen molar-refractivity contribution in [1.29, 1.82) is 0 Å². The van der Waals surface area contributed by atoms with Crippen LogP contribution in [0.25, 0.3) is 0 Å². The molecule has 0 atom stereocenters. The van der Waals surface area contributed by atoms with Gasteiger partial charge in [0.15, 0.2) is 0 Å². The van der Waals surface area contributed by atoms with E-state index >= 15 is 0 Å². The van der Waals surface area contributed by atoms with E-state index in [0.717, 1.165) is 32.6 Å². The lowest BCUT2D eigenvalue weighted by Gasteiger charge is -2.27. The van der Waals surface area contributed by atoms with Crippen LogP contribution in [0.15, 0.2) is 11.4 Å². The number of aryl methyl sites for hydroxylation is 1. The van der Waals surface area contributed by atoms with Crippen LogP contribution >= 0.6 is 11.3 Å². The largest absolute Gasteiger partial charge is 0.314 e.